The van der Waals surface area contributed by atoms with Gasteiger partial charge in [-0.05, 0) is 30.9 Å². The fraction of sp³-hybridized carbons (Fsp3) is 0.333. The lowest BCUT2D eigenvalue weighted by Crippen LogP contribution is -2.33. The average molecular weight is 382 g/mol. The minimum Gasteiger partial charge on any atom is -0.466 e. The van der Waals surface area contributed by atoms with Gasteiger partial charge in [-0.3, -0.25) is 0 Å². The maximum Gasteiger partial charge on any atom is 0.336 e. The van der Waals surface area contributed by atoms with Crippen LogP contribution in [0.4, 0.5) is 0 Å². The maximum absolute atomic E-state index is 12.5. The first-order valence-corrected chi connectivity index (χ1v) is 9.33. The second-order valence-corrected chi connectivity index (χ2v) is 6.76. The molecular weight excluding hydrogens is 362 g/mol. The second-order valence-electron chi connectivity index (χ2n) is 5.46. The quantitative estimate of drug-likeness (QED) is 0.790. The number of benzene rings is 1. The van der Waals surface area contributed by atoms with Gasteiger partial charge in [0.1, 0.15) is 0 Å². The molecule has 25 heavy (non-hydrogen) atoms. The highest BCUT2D eigenvalue weighted by Gasteiger charge is 2.38. The van der Waals surface area contributed by atoms with Crippen LogP contribution in [0.2, 0.25) is 5.02 Å². The van der Waals surface area contributed by atoms with Crippen LogP contribution in [0.25, 0.3) is 0 Å². The number of esters is 2. The molecule has 1 unspecified atom stereocenters. The molecule has 0 spiro atoms. The van der Waals surface area contributed by atoms with E-state index in [9.17, 15) is 9.59 Å². The molecule has 0 aliphatic carbocycles. The van der Waals surface area contributed by atoms with Crippen molar-refractivity contribution in [2.24, 2.45) is 0 Å². The van der Waals surface area contributed by atoms with E-state index in [1.807, 2.05) is 12.3 Å². The van der Waals surface area contributed by atoms with Crippen LogP contribution in [-0.2, 0) is 19.1 Å². The fourth-order valence-corrected chi connectivity index (χ4v) is 3.62. The number of halogens is 1. The third kappa shape index (κ3) is 4.02. The van der Waals surface area contributed by atoms with E-state index in [-0.39, 0.29) is 0 Å². The number of rotatable bonds is 5. The molecule has 134 valence electrons. The van der Waals surface area contributed by atoms with Crippen LogP contribution in [0.1, 0.15) is 18.4 Å². The lowest BCUT2D eigenvalue weighted by molar-refractivity contribution is -0.137. The summed E-state index contributed by atoms with van der Waals surface area (Å²) < 4.78 is 9.94. The van der Waals surface area contributed by atoms with E-state index < -0.39 is 17.9 Å². The van der Waals surface area contributed by atoms with Gasteiger partial charge >= 0.3 is 11.9 Å². The van der Waals surface area contributed by atoms with E-state index in [2.05, 4.69) is 5.32 Å². The normalized spacial score (nSPS) is 17.2. The summed E-state index contributed by atoms with van der Waals surface area (Å²) in [6.45, 7) is 1.79. The van der Waals surface area contributed by atoms with E-state index >= 15 is 0 Å². The summed E-state index contributed by atoms with van der Waals surface area (Å²) in [4.78, 5) is 25.0. The molecule has 0 bridgehead atoms. The van der Waals surface area contributed by atoms with Crippen LogP contribution in [0.5, 0.6) is 0 Å². The number of dihydropyridines is 1. The van der Waals surface area contributed by atoms with Gasteiger partial charge in [-0.15, -0.1) is 0 Å². The monoisotopic (exact) mass is 381 g/mol. The van der Waals surface area contributed by atoms with Crippen LogP contribution in [-0.4, -0.2) is 38.2 Å². The van der Waals surface area contributed by atoms with Gasteiger partial charge in [-0.25, -0.2) is 9.59 Å². The van der Waals surface area contributed by atoms with E-state index in [0.717, 1.165) is 11.3 Å². The Morgan fingerprint density at radius 3 is 2.40 bits per heavy atom. The van der Waals surface area contributed by atoms with Crippen molar-refractivity contribution in [2.75, 3.05) is 26.2 Å². The Morgan fingerprint density at radius 2 is 1.84 bits per heavy atom. The molecule has 1 aliphatic rings. The van der Waals surface area contributed by atoms with Gasteiger partial charge in [0.25, 0.3) is 0 Å². The standard InChI is InChI=1S/C18H20ClNO4S/c1-10-14(17(21)23-2)15(11-6-5-7-12(19)8-11)16(18(22)24-3)13(20-10)9-25-4/h5-8,15,20H,9H2,1-4H3. The summed E-state index contributed by atoms with van der Waals surface area (Å²) in [6.07, 6.45) is 1.94. The van der Waals surface area contributed by atoms with Crippen molar-refractivity contribution >= 4 is 35.3 Å². The molecule has 0 aromatic heterocycles. The number of carbonyl (C=O) groups is 2. The molecule has 0 saturated heterocycles. The molecule has 0 saturated carbocycles. The minimum atomic E-state index is -0.609. The van der Waals surface area contributed by atoms with E-state index in [0.29, 0.717) is 27.6 Å². The zero-order valence-corrected chi connectivity index (χ0v) is 16.1. The van der Waals surface area contributed by atoms with Gasteiger partial charge in [0.15, 0.2) is 0 Å². The molecule has 1 aliphatic heterocycles. The molecule has 1 aromatic carbocycles. The number of carbonyl (C=O) groups excluding carboxylic acids is 2. The molecular formula is C18H20ClNO4S. The predicted molar refractivity (Wildman–Crippen MR) is 99.5 cm³/mol. The lowest BCUT2D eigenvalue weighted by atomic mass is 9.80. The number of hydrogen-bond donors (Lipinski definition) is 1. The highest BCUT2D eigenvalue weighted by Crippen LogP contribution is 2.40. The summed E-state index contributed by atoms with van der Waals surface area (Å²) in [5.74, 6) is -1.02. The first-order chi connectivity index (χ1) is 11.9. The maximum atomic E-state index is 12.5. The van der Waals surface area contributed by atoms with Crippen LogP contribution in [0, 0.1) is 0 Å². The summed E-state index contributed by atoms with van der Waals surface area (Å²) in [6, 6.07) is 7.10. The molecule has 1 atom stereocenters. The highest BCUT2D eigenvalue weighted by atomic mass is 35.5. The largest absolute Gasteiger partial charge is 0.466 e. The Hall–Kier alpha value is -1.92. The van der Waals surface area contributed by atoms with E-state index in [1.54, 1.807) is 36.9 Å². The number of allylic oxidation sites excluding steroid dienone is 1. The predicted octanol–water partition coefficient (Wildman–Crippen LogP) is 3.26. The van der Waals surface area contributed by atoms with Gasteiger partial charge < -0.3 is 14.8 Å². The smallest absolute Gasteiger partial charge is 0.336 e. The van der Waals surface area contributed by atoms with Crippen molar-refractivity contribution in [1.29, 1.82) is 0 Å². The summed E-state index contributed by atoms with van der Waals surface area (Å²) in [7, 11) is 2.64. The second kappa shape index (κ2) is 8.45. The van der Waals surface area contributed by atoms with Gasteiger partial charge in [0, 0.05) is 22.2 Å². The van der Waals surface area contributed by atoms with Crippen LogP contribution in [0.15, 0.2) is 46.8 Å². The third-order valence-corrected chi connectivity index (χ3v) is 4.74. The van der Waals surface area contributed by atoms with Crippen molar-refractivity contribution in [1.82, 2.24) is 5.32 Å². The zero-order valence-electron chi connectivity index (χ0n) is 14.5. The molecule has 0 radical (unpaired) electrons. The summed E-state index contributed by atoms with van der Waals surface area (Å²) in [5, 5.41) is 3.69. The average Bonchev–Trinajstić information content (AvgIpc) is 2.60. The van der Waals surface area contributed by atoms with Crippen molar-refractivity contribution in [2.45, 2.75) is 12.8 Å². The number of methoxy groups -OCH3 is 2. The minimum absolute atomic E-state index is 0.370. The van der Waals surface area contributed by atoms with Crippen LogP contribution >= 0.6 is 23.4 Å². The fourth-order valence-electron chi connectivity index (χ4n) is 2.91. The Morgan fingerprint density at radius 1 is 1.20 bits per heavy atom. The zero-order chi connectivity index (χ0) is 18.6. The molecule has 1 N–H and O–H groups in total. The topological polar surface area (TPSA) is 64.6 Å². The Kier molecular flexibility index (Phi) is 6.56. The van der Waals surface area contributed by atoms with Gasteiger partial charge in [-0.1, -0.05) is 23.7 Å². The van der Waals surface area contributed by atoms with Crippen molar-refractivity contribution in [3.63, 3.8) is 0 Å². The Labute approximate surface area is 156 Å². The molecule has 5 nitrogen and oxygen atoms in total. The number of ether oxygens (including phenoxy) is 2. The molecule has 1 heterocycles. The molecule has 0 amide bonds. The molecule has 7 heteroatoms. The summed E-state index contributed by atoms with van der Waals surface area (Å²) >= 11 is 7.70. The first kappa shape index (κ1) is 19.4. The third-order valence-electron chi connectivity index (χ3n) is 3.93. The van der Waals surface area contributed by atoms with Crippen molar-refractivity contribution in [3.8, 4) is 0 Å². The Balaban J connectivity index is 2.73. The molecule has 0 fully saturated rings. The van der Waals surface area contributed by atoms with Gasteiger partial charge in [0.05, 0.1) is 31.3 Å². The van der Waals surface area contributed by atoms with E-state index in [1.165, 1.54) is 14.2 Å². The van der Waals surface area contributed by atoms with Crippen LogP contribution in [0.3, 0.4) is 0 Å². The van der Waals surface area contributed by atoms with Crippen molar-refractivity contribution < 1.29 is 19.1 Å². The molecule has 2 rings (SSSR count). The lowest BCUT2D eigenvalue weighted by Gasteiger charge is -2.31. The SMILES string of the molecule is COC(=O)C1=C(C)NC(CSC)=C(C(=O)OC)C1c1cccc(Cl)c1. The van der Waals surface area contributed by atoms with Crippen molar-refractivity contribution in [3.05, 3.63) is 57.4 Å². The first-order valence-electron chi connectivity index (χ1n) is 7.56. The number of nitrogens with one attached hydrogen (secondary N) is 1. The van der Waals surface area contributed by atoms with Gasteiger partial charge in [-0.2, -0.15) is 11.8 Å². The highest BCUT2D eigenvalue weighted by molar-refractivity contribution is 7.98. The summed E-state index contributed by atoms with van der Waals surface area (Å²) in [5.41, 5.74) is 2.86. The Bertz CT molecular complexity index is 757. The van der Waals surface area contributed by atoms with E-state index in [4.69, 9.17) is 21.1 Å². The number of hydrogen-bond acceptors (Lipinski definition) is 6. The van der Waals surface area contributed by atoms with Crippen LogP contribution < -0.4 is 5.32 Å². The van der Waals surface area contributed by atoms with Gasteiger partial charge in [0.2, 0.25) is 0 Å². The molecule has 1 aromatic rings. The number of thioether (sulfide) groups is 1.